The summed E-state index contributed by atoms with van der Waals surface area (Å²) in [5.41, 5.74) is 0. The zero-order valence-electron chi connectivity index (χ0n) is 6.98. The van der Waals surface area contributed by atoms with Crippen molar-refractivity contribution in [2.75, 3.05) is 0 Å². The summed E-state index contributed by atoms with van der Waals surface area (Å²) in [4.78, 5) is 21.9. The van der Waals surface area contributed by atoms with Gasteiger partial charge in [0.25, 0.3) is 0 Å². The molecule has 3 heterocycles. The van der Waals surface area contributed by atoms with Crippen molar-refractivity contribution in [3.8, 4) is 0 Å². The van der Waals surface area contributed by atoms with Crippen LogP contribution in [0.25, 0.3) is 0 Å². The van der Waals surface area contributed by atoms with Crippen LogP contribution in [-0.4, -0.2) is 22.0 Å². The van der Waals surface area contributed by atoms with Crippen LogP contribution in [0.1, 0.15) is 0 Å². The average Bonchev–Trinajstić information content (AvgIpc) is 2.10. The van der Waals surface area contributed by atoms with Crippen molar-refractivity contribution in [1.82, 2.24) is 0 Å². The Morgan fingerprint density at radius 1 is 0.500 bits per heavy atom. The third kappa shape index (κ3) is 8.18. The molecule has 0 unspecified atom stereocenters. The van der Waals surface area contributed by atoms with Crippen molar-refractivity contribution in [1.29, 1.82) is 0 Å². The van der Waals surface area contributed by atoms with Gasteiger partial charge < -0.3 is 15.1 Å². The van der Waals surface area contributed by atoms with Crippen LogP contribution in [0.3, 0.4) is 0 Å². The fourth-order valence-electron chi connectivity index (χ4n) is 0.214. The summed E-state index contributed by atoms with van der Waals surface area (Å²) in [6.45, 7) is 0. The topological polar surface area (TPSA) is 152 Å². The summed E-state index contributed by atoms with van der Waals surface area (Å²) in [5, 5.41) is 38.8. The van der Waals surface area contributed by atoms with Gasteiger partial charge in [0.15, 0.2) is 0 Å². The Morgan fingerprint density at radius 2 is 0.625 bits per heavy atom. The van der Waals surface area contributed by atoms with E-state index in [2.05, 4.69) is 43.9 Å². The van der Waals surface area contributed by atoms with Gasteiger partial charge in [-0.1, -0.05) is 15.1 Å². The molecule has 3 aliphatic heterocycles. The summed E-state index contributed by atoms with van der Waals surface area (Å²) in [5.74, 6) is 0. The smallest absolute Gasteiger partial charge is 0.827 e. The summed E-state index contributed by atoms with van der Waals surface area (Å²) < 4.78 is 0. The molecule has 0 spiro atoms. The van der Waals surface area contributed by atoms with Crippen LogP contribution in [0.2, 0.25) is 0 Å². The number of hydrogen-bond donors (Lipinski definition) is 0. The van der Waals surface area contributed by atoms with E-state index in [0.717, 1.165) is 0 Å². The molecule has 3 aliphatic rings. The van der Waals surface area contributed by atoms with Crippen molar-refractivity contribution in [2.24, 2.45) is 0 Å². The summed E-state index contributed by atoms with van der Waals surface area (Å²) in [7, 11) is -4.22. The Kier molecular flexibility index (Phi) is 10.7. The fourth-order valence-corrected chi connectivity index (χ4v) is 0.214. The molecule has 0 aromatic rings. The Balaban J connectivity index is 0.000000205. The molecule has 89 valence electrons. The molecule has 0 N–H and O–H groups in total. The van der Waals surface area contributed by atoms with Crippen LogP contribution < -0.4 is 15.1 Å². The normalized spacial score (nSPS) is 20.8. The molecule has 3 saturated heterocycles. The minimum absolute atomic E-state index is 0. The molecule has 0 aromatic heterocycles. The summed E-state index contributed by atoms with van der Waals surface area (Å²) in [6, 6.07) is 0. The van der Waals surface area contributed by atoms with E-state index < -0.39 is 22.0 Å². The van der Waals surface area contributed by atoms with Gasteiger partial charge in [0, 0.05) is 0 Å². The van der Waals surface area contributed by atoms with Crippen LogP contribution in [0, 0.1) is 39.9 Å². The van der Waals surface area contributed by atoms with Gasteiger partial charge >= 0.3 is 61.9 Å². The zero-order chi connectivity index (χ0) is 11.1. The minimum Gasteiger partial charge on any atom is -0.827 e. The molecule has 12 nitrogen and oxygen atoms in total. The maximum atomic E-state index is 9.41. The molecule has 0 bridgehead atoms. The van der Waals surface area contributed by atoms with Gasteiger partial charge in [0.1, 0.15) is 0 Å². The first kappa shape index (κ1) is 17.0. The van der Waals surface area contributed by atoms with Gasteiger partial charge in [-0.2, -0.15) is 0 Å². The van der Waals surface area contributed by atoms with Crippen LogP contribution in [0.5, 0.6) is 0 Å². The predicted octanol–water partition coefficient (Wildman–Crippen LogP) is -5.32. The molecule has 0 saturated carbocycles. The third-order valence-corrected chi connectivity index (χ3v) is 0.707. The van der Waals surface area contributed by atoms with Crippen molar-refractivity contribution in [3.05, 3.63) is 0 Å². The Hall–Kier alpha value is 1.04. The van der Waals surface area contributed by atoms with E-state index in [1.54, 1.807) is 0 Å². The van der Waals surface area contributed by atoms with Crippen LogP contribution >= 0.6 is 0 Å². The van der Waals surface area contributed by atoms with Crippen molar-refractivity contribution in [3.63, 3.8) is 0 Å². The molecule has 3 rings (SSSR count). The molecule has 1 radical (unpaired) electrons. The minimum atomic E-state index is -1.41. The van der Waals surface area contributed by atoms with E-state index in [9.17, 15) is 15.1 Å². The molecule has 0 aliphatic carbocycles. The van der Waals surface area contributed by atoms with Gasteiger partial charge in [-0.25, -0.2) is 0 Å². The largest absolute Gasteiger partial charge is 3.00 e. The first-order valence-electron chi connectivity index (χ1n) is 3.12. The van der Waals surface area contributed by atoms with E-state index in [0.29, 0.717) is 0 Å². The fraction of sp³-hybridized carbons (Fsp3) is 0. The van der Waals surface area contributed by atoms with Gasteiger partial charge in [-0.15, -0.1) is 0 Å². The van der Waals surface area contributed by atoms with Crippen molar-refractivity contribution >= 4 is 22.0 Å². The Morgan fingerprint density at radius 3 is 0.625 bits per heavy atom. The van der Waals surface area contributed by atoms with E-state index in [1.165, 1.54) is 0 Å². The van der Waals surface area contributed by atoms with Gasteiger partial charge in [0.05, 0.1) is 0 Å². The van der Waals surface area contributed by atoms with Crippen molar-refractivity contribution < 1.29 is 99.0 Å². The molecule has 3 fully saturated rings. The number of hydrogen-bond acceptors (Lipinski definition) is 12. The van der Waals surface area contributed by atoms with E-state index in [-0.39, 0.29) is 39.9 Å². The maximum absolute atomic E-state index is 9.41. The van der Waals surface area contributed by atoms with Crippen LogP contribution in [0.4, 0.5) is 0 Å². The first-order valence-corrected chi connectivity index (χ1v) is 3.12. The second-order valence-electron chi connectivity index (χ2n) is 1.65. The third-order valence-electron chi connectivity index (χ3n) is 0.707. The molecule has 0 atom stereocenters. The van der Waals surface area contributed by atoms with Crippen molar-refractivity contribution in [2.45, 2.75) is 0 Å². The van der Waals surface area contributed by atoms with Crippen LogP contribution in [0.15, 0.2) is 0 Å². The predicted molar refractivity (Wildman–Crippen MR) is 27.0 cm³/mol. The molecular weight excluding hydrogens is 382 g/mol. The Labute approximate surface area is 120 Å². The molecule has 0 aromatic carbocycles. The second-order valence-corrected chi connectivity index (χ2v) is 1.65. The monoisotopic (exact) mass is 383 g/mol. The van der Waals surface area contributed by atoms with E-state index in [4.69, 9.17) is 0 Å². The van der Waals surface area contributed by atoms with Crippen LogP contribution in [-0.2, 0) is 43.9 Å². The maximum Gasteiger partial charge on any atom is 3.00 e. The second kappa shape index (κ2) is 10.0. The average molecular weight is 382 g/mol. The Bertz CT molecular complexity index is 126. The first-order chi connectivity index (χ1) is 7.18. The SMILES string of the molecule is [Gd+3].[O-]B1OOO1.[O-]B1OOO1.[O-]B1OOO1. The molecule has 16 heteroatoms. The van der Waals surface area contributed by atoms with Gasteiger partial charge in [-0.05, 0) is 0 Å². The van der Waals surface area contributed by atoms with E-state index >= 15 is 0 Å². The van der Waals surface area contributed by atoms with E-state index in [1.807, 2.05) is 0 Å². The summed E-state index contributed by atoms with van der Waals surface area (Å²) >= 11 is 0. The van der Waals surface area contributed by atoms with Gasteiger partial charge in [-0.3, -0.25) is 28.8 Å². The quantitative estimate of drug-likeness (QED) is 0.291. The number of rotatable bonds is 0. The summed E-state index contributed by atoms with van der Waals surface area (Å²) in [6.07, 6.45) is 0. The zero-order valence-corrected chi connectivity index (χ0v) is 9.25. The molecule has 16 heavy (non-hydrogen) atoms. The standard InChI is InChI=1S/3BO4.Gd/c3*2-1-3-5-4-1;/q3*-1;+3. The molecule has 0 amide bonds. The molecular formula is B3GdO12. The van der Waals surface area contributed by atoms with Gasteiger partial charge in [0.2, 0.25) is 0 Å².